The van der Waals surface area contributed by atoms with E-state index in [-0.39, 0.29) is 17.3 Å². The topological polar surface area (TPSA) is 86.4 Å². The zero-order valence-electron chi connectivity index (χ0n) is 18.1. The number of sulfonamides is 1. The van der Waals surface area contributed by atoms with Gasteiger partial charge in [0, 0.05) is 19.7 Å². The van der Waals surface area contributed by atoms with Gasteiger partial charge in [0.25, 0.3) is 15.9 Å². The SMILES string of the molecule is Cc1ccc(N(C)S(=O)(=O)c2cccc(C(=O)N(C)Cc3nc4ccccc4[nH]3)c2)cc1. The van der Waals surface area contributed by atoms with Crippen LogP contribution in [0.4, 0.5) is 5.69 Å². The van der Waals surface area contributed by atoms with E-state index in [0.29, 0.717) is 17.1 Å². The van der Waals surface area contributed by atoms with Crippen molar-refractivity contribution in [1.29, 1.82) is 0 Å². The summed E-state index contributed by atoms with van der Waals surface area (Å²) in [7, 11) is -0.655. The molecule has 1 N–H and O–H groups in total. The first-order chi connectivity index (χ1) is 15.3. The molecule has 0 bridgehead atoms. The number of fused-ring (bicyclic) bond motifs is 1. The molecule has 0 aliphatic heterocycles. The van der Waals surface area contributed by atoms with Crippen molar-refractivity contribution in [2.75, 3.05) is 18.4 Å². The van der Waals surface area contributed by atoms with E-state index in [1.165, 1.54) is 28.4 Å². The highest BCUT2D eigenvalue weighted by Crippen LogP contribution is 2.23. The number of carbonyl (C=O) groups excluding carboxylic acids is 1. The second kappa shape index (κ2) is 8.47. The molecule has 32 heavy (non-hydrogen) atoms. The lowest BCUT2D eigenvalue weighted by Crippen LogP contribution is -2.28. The van der Waals surface area contributed by atoms with Gasteiger partial charge in [0.05, 0.1) is 28.2 Å². The van der Waals surface area contributed by atoms with Crippen molar-refractivity contribution < 1.29 is 13.2 Å². The Hall–Kier alpha value is -3.65. The summed E-state index contributed by atoms with van der Waals surface area (Å²) in [6.07, 6.45) is 0. The molecule has 7 nitrogen and oxygen atoms in total. The van der Waals surface area contributed by atoms with E-state index in [0.717, 1.165) is 16.6 Å². The number of rotatable bonds is 6. The molecule has 8 heteroatoms. The van der Waals surface area contributed by atoms with Crippen molar-refractivity contribution in [3.63, 3.8) is 0 Å². The highest BCUT2D eigenvalue weighted by molar-refractivity contribution is 7.92. The standard InChI is InChI=1S/C24H24N4O3S/c1-17-11-13-19(14-12-17)28(3)32(30,31)20-8-6-7-18(15-20)24(29)27(2)16-23-25-21-9-4-5-10-22(21)26-23/h4-15H,16H2,1-3H3,(H,25,26). The van der Waals surface area contributed by atoms with Gasteiger partial charge in [0.15, 0.2) is 0 Å². The van der Waals surface area contributed by atoms with Crippen LogP contribution in [-0.4, -0.2) is 43.3 Å². The number of benzene rings is 3. The Balaban J connectivity index is 1.55. The van der Waals surface area contributed by atoms with Crippen LogP contribution in [0.1, 0.15) is 21.7 Å². The Labute approximate surface area is 187 Å². The van der Waals surface area contributed by atoms with Crippen molar-refractivity contribution in [1.82, 2.24) is 14.9 Å². The number of H-pyrrole nitrogens is 1. The Morgan fingerprint density at radius 1 is 0.969 bits per heavy atom. The highest BCUT2D eigenvalue weighted by Gasteiger charge is 2.23. The Bertz CT molecular complexity index is 1340. The third kappa shape index (κ3) is 4.22. The molecule has 0 radical (unpaired) electrons. The van der Waals surface area contributed by atoms with Crippen molar-refractivity contribution >= 4 is 32.7 Å². The summed E-state index contributed by atoms with van der Waals surface area (Å²) in [5.41, 5.74) is 3.61. The van der Waals surface area contributed by atoms with Crippen molar-refractivity contribution in [3.05, 3.63) is 89.7 Å². The first-order valence-corrected chi connectivity index (χ1v) is 11.5. The first kappa shape index (κ1) is 21.6. The minimum Gasteiger partial charge on any atom is -0.340 e. The van der Waals surface area contributed by atoms with Crippen molar-refractivity contribution in [2.45, 2.75) is 18.4 Å². The number of aromatic nitrogens is 2. The molecule has 0 saturated carbocycles. The van der Waals surface area contributed by atoms with Gasteiger partial charge in [-0.2, -0.15) is 0 Å². The van der Waals surface area contributed by atoms with Gasteiger partial charge in [-0.15, -0.1) is 0 Å². The van der Waals surface area contributed by atoms with Crippen molar-refractivity contribution in [3.8, 4) is 0 Å². The van der Waals surface area contributed by atoms with Gasteiger partial charge in [0.1, 0.15) is 5.82 Å². The monoisotopic (exact) mass is 448 g/mol. The number of carbonyl (C=O) groups is 1. The van der Waals surface area contributed by atoms with Crippen LogP contribution in [0.25, 0.3) is 11.0 Å². The average Bonchev–Trinajstić information content (AvgIpc) is 3.21. The van der Waals surface area contributed by atoms with Crippen LogP contribution in [0.15, 0.2) is 77.7 Å². The number of nitrogens with one attached hydrogen (secondary N) is 1. The lowest BCUT2D eigenvalue weighted by molar-refractivity contribution is 0.0781. The lowest BCUT2D eigenvalue weighted by atomic mass is 10.2. The van der Waals surface area contributed by atoms with Crippen LogP contribution in [0, 0.1) is 6.92 Å². The number of para-hydroxylation sites is 2. The number of anilines is 1. The molecule has 0 unspecified atom stereocenters. The van der Waals surface area contributed by atoms with Crippen LogP contribution in [0.5, 0.6) is 0 Å². The Morgan fingerprint density at radius 2 is 1.69 bits per heavy atom. The summed E-state index contributed by atoms with van der Waals surface area (Å²) >= 11 is 0. The van der Waals surface area contributed by atoms with E-state index in [2.05, 4.69) is 9.97 Å². The largest absolute Gasteiger partial charge is 0.340 e. The molecule has 0 saturated heterocycles. The molecular weight excluding hydrogens is 424 g/mol. The van der Waals surface area contributed by atoms with E-state index in [4.69, 9.17) is 0 Å². The molecule has 3 aromatic carbocycles. The number of nitrogens with zero attached hydrogens (tertiary/aromatic N) is 3. The van der Waals surface area contributed by atoms with Gasteiger partial charge >= 0.3 is 0 Å². The summed E-state index contributed by atoms with van der Waals surface area (Å²) in [4.78, 5) is 22.3. The molecule has 0 aliphatic carbocycles. The van der Waals surface area contributed by atoms with Crippen LogP contribution in [0.2, 0.25) is 0 Å². The fourth-order valence-electron chi connectivity index (χ4n) is 3.44. The third-order valence-corrected chi connectivity index (χ3v) is 7.09. The number of hydrogen-bond acceptors (Lipinski definition) is 4. The van der Waals surface area contributed by atoms with Gasteiger partial charge < -0.3 is 9.88 Å². The lowest BCUT2D eigenvalue weighted by Gasteiger charge is -2.21. The van der Waals surface area contributed by atoms with E-state index < -0.39 is 10.0 Å². The molecule has 1 heterocycles. The fraction of sp³-hybridized carbons (Fsp3) is 0.167. The summed E-state index contributed by atoms with van der Waals surface area (Å²) in [6.45, 7) is 2.21. The summed E-state index contributed by atoms with van der Waals surface area (Å²) < 4.78 is 27.5. The third-order valence-electron chi connectivity index (χ3n) is 5.31. The maximum absolute atomic E-state index is 13.1. The quantitative estimate of drug-likeness (QED) is 0.484. The number of imidazole rings is 1. The zero-order valence-corrected chi connectivity index (χ0v) is 18.9. The van der Waals surface area contributed by atoms with Gasteiger partial charge in [-0.25, -0.2) is 13.4 Å². The van der Waals surface area contributed by atoms with E-state index in [1.54, 1.807) is 31.3 Å². The minimum absolute atomic E-state index is 0.0589. The molecule has 0 atom stereocenters. The van der Waals surface area contributed by atoms with E-state index >= 15 is 0 Å². The number of hydrogen-bond donors (Lipinski definition) is 1. The summed E-state index contributed by atoms with van der Waals surface area (Å²) in [5, 5.41) is 0. The molecule has 4 rings (SSSR count). The molecule has 0 aliphatic rings. The average molecular weight is 449 g/mol. The Kier molecular flexibility index (Phi) is 5.71. The Morgan fingerprint density at radius 3 is 2.41 bits per heavy atom. The van der Waals surface area contributed by atoms with Gasteiger partial charge in [-0.1, -0.05) is 35.9 Å². The second-order valence-electron chi connectivity index (χ2n) is 7.70. The minimum atomic E-state index is -3.82. The smallest absolute Gasteiger partial charge is 0.264 e. The predicted octanol–water partition coefficient (Wildman–Crippen LogP) is 3.97. The predicted molar refractivity (Wildman–Crippen MR) is 125 cm³/mol. The number of aromatic amines is 1. The molecular formula is C24H24N4O3S. The van der Waals surface area contributed by atoms with Gasteiger partial charge in [-0.3, -0.25) is 9.10 Å². The molecule has 0 spiro atoms. The zero-order chi connectivity index (χ0) is 22.9. The summed E-state index contributed by atoms with van der Waals surface area (Å²) in [6, 6.07) is 21.0. The van der Waals surface area contributed by atoms with Gasteiger partial charge in [-0.05, 0) is 49.4 Å². The first-order valence-electron chi connectivity index (χ1n) is 10.1. The fourth-order valence-corrected chi connectivity index (χ4v) is 4.68. The van der Waals surface area contributed by atoms with Crippen LogP contribution < -0.4 is 4.31 Å². The maximum Gasteiger partial charge on any atom is 0.264 e. The van der Waals surface area contributed by atoms with Crippen LogP contribution in [0.3, 0.4) is 0 Å². The molecule has 1 amide bonds. The number of aryl methyl sites for hydroxylation is 1. The van der Waals surface area contributed by atoms with Crippen LogP contribution >= 0.6 is 0 Å². The molecule has 4 aromatic rings. The molecule has 164 valence electrons. The highest BCUT2D eigenvalue weighted by atomic mass is 32.2. The summed E-state index contributed by atoms with van der Waals surface area (Å²) in [5.74, 6) is 0.366. The molecule has 1 aromatic heterocycles. The van der Waals surface area contributed by atoms with Crippen molar-refractivity contribution in [2.24, 2.45) is 0 Å². The normalized spacial score (nSPS) is 11.5. The van der Waals surface area contributed by atoms with Crippen LogP contribution in [-0.2, 0) is 16.6 Å². The molecule has 0 fully saturated rings. The van der Waals surface area contributed by atoms with Gasteiger partial charge in [0.2, 0.25) is 0 Å². The maximum atomic E-state index is 13.1. The van der Waals surface area contributed by atoms with E-state index in [9.17, 15) is 13.2 Å². The second-order valence-corrected chi connectivity index (χ2v) is 9.67. The van der Waals surface area contributed by atoms with E-state index in [1.807, 2.05) is 43.3 Å². The number of amides is 1.